The first-order valence-electron chi connectivity index (χ1n) is 11.5. The van der Waals surface area contributed by atoms with Crippen molar-refractivity contribution in [1.29, 1.82) is 0 Å². The smallest absolute Gasteiger partial charge is 0.233 e. The molecule has 0 aliphatic carbocycles. The highest BCUT2D eigenvalue weighted by Crippen LogP contribution is 2.32. The van der Waals surface area contributed by atoms with Gasteiger partial charge in [0.1, 0.15) is 5.82 Å². The molecule has 0 aliphatic rings. The lowest BCUT2D eigenvalue weighted by molar-refractivity contribution is -0.128. The van der Waals surface area contributed by atoms with Crippen molar-refractivity contribution in [3.63, 3.8) is 0 Å². The highest BCUT2D eigenvalue weighted by Gasteiger charge is 2.22. The fourth-order valence-electron chi connectivity index (χ4n) is 3.85. The molecule has 1 amide bonds. The summed E-state index contributed by atoms with van der Waals surface area (Å²) in [5, 5.41) is 9.55. The Labute approximate surface area is 209 Å². The van der Waals surface area contributed by atoms with Gasteiger partial charge >= 0.3 is 0 Å². The Morgan fingerprint density at radius 1 is 1.03 bits per heavy atom. The van der Waals surface area contributed by atoms with Crippen LogP contribution < -0.4 is 0 Å². The number of pyridine rings is 1. The quantitative estimate of drug-likeness (QED) is 0.288. The van der Waals surface area contributed by atoms with Gasteiger partial charge in [-0.2, -0.15) is 0 Å². The summed E-state index contributed by atoms with van der Waals surface area (Å²) in [6, 6.07) is 18.0. The van der Waals surface area contributed by atoms with Gasteiger partial charge in [-0.3, -0.25) is 14.3 Å². The van der Waals surface area contributed by atoms with Crippen molar-refractivity contribution in [3.8, 4) is 17.1 Å². The standard InChI is InChI=1S/C27H28FN5OS/c1-18(2)23-9-5-6-10-24(23)33-26(21-8-7-15-29-16-21)30-31-27(33)35-17-25(34)32(4)19(3)20-11-13-22(28)14-12-20/h5-16,18-19H,17H2,1-4H3. The fraction of sp³-hybridized carbons (Fsp3) is 0.259. The van der Waals surface area contributed by atoms with Crippen LogP contribution in [0.2, 0.25) is 0 Å². The van der Waals surface area contributed by atoms with Gasteiger partial charge in [-0.25, -0.2) is 4.39 Å². The summed E-state index contributed by atoms with van der Waals surface area (Å²) in [5.41, 5.74) is 3.86. The number of rotatable bonds is 8. The zero-order valence-corrected chi connectivity index (χ0v) is 21.0. The van der Waals surface area contributed by atoms with Crippen LogP contribution in [-0.4, -0.2) is 43.4 Å². The SMILES string of the molecule is CC(C)c1ccccc1-n1c(SCC(=O)N(C)C(C)c2ccc(F)cc2)nnc1-c1cccnc1. The van der Waals surface area contributed by atoms with Gasteiger partial charge in [0.15, 0.2) is 11.0 Å². The Hall–Kier alpha value is -3.52. The first-order valence-corrected chi connectivity index (χ1v) is 12.4. The molecular weight excluding hydrogens is 461 g/mol. The number of carbonyl (C=O) groups excluding carboxylic acids is 1. The number of hydrogen-bond donors (Lipinski definition) is 0. The molecule has 1 unspecified atom stereocenters. The van der Waals surface area contributed by atoms with Crippen LogP contribution in [0.5, 0.6) is 0 Å². The number of aromatic nitrogens is 4. The van der Waals surface area contributed by atoms with E-state index in [1.165, 1.54) is 23.9 Å². The Morgan fingerprint density at radius 3 is 2.46 bits per heavy atom. The lowest BCUT2D eigenvalue weighted by Gasteiger charge is -2.25. The average molecular weight is 490 g/mol. The van der Waals surface area contributed by atoms with Gasteiger partial charge in [0.25, 0.3) is 0 Å². The molecule has 4 aromatic rings. The molecule has 0 radical (unpaired) electrons. The Bertz CT molecular complexity index is 1290. The van der Waals surface area contributed by atoms with Crippen molar-refractivity contribution in [1.82, 2.24) is 24.6 Å². The average Bonchev–Trinajstić information content (AvgIpc) is 3.31. The second-order valence-corrected chi connectivity index (χ2v) is 9.56. The molecule has 0 aliphatic heterocycles. The summed E-state index contributed by atoms with van der Waals surface area (Å²) < 4.78 is 15.3. The van der Waals surface area contributed by atoms with Crippen molar-refractivity contribution >= 4 is 17.7 Å². The Balaban J connectivity index is 1.62. The molecule has 0 saturated heterocycles. The summed E-state index contributed by atoms with van der Waals surface area (Å²) in [6.45, 7) is 6.22. The minimum atomic E-state index is -0.295. The number of benzene rings is 2. The number of hydrogen-bond acceptors (Lipinski definition) is 5. The number of thioether (sulfide) groups is 1. The number of carbonyl (C=O) groups is 1. The van der Waals surface area contributed by atoms with Crippen LogP contribution >= 0.6 is 11.8 Å². The van der Waals surface area contributed by atoms with E-state index in [0.717, 1.165) is 22.4 Å². The number of nitrogens with zero attached hydrogens (tertiary/aromatic N) is 5. The summed E-state index contributed by atoms with van der Waals surface area (Å²) in [6.07, 6.45) is 3.48. The fourth-order valence-corrected chi connectivity index (χ4v) is 4.72. The van der Waals surface area contributed by atoms with Gasteiger partial charge in [-0.1, -0.05) is 55.9 Å². The van der Waals surface area contributed by atoms with Crippen LogP contribution in [0, 0.1) is 5.82 Å². The highest BCUT2D eigenvalue weighted by atomic mass is 32.2. The molecule has 1 atom stereocenters. The van der Waals surface area contributed by atoms with Gasteiger partial charge in [0, 0.05) is 25.0 Å². The van der Waals surface area contributed by atoms with E-state index in [4.69, 9.17) is 0 Å². The predicted octanol–water partition coefficient (Wildman–Crippen LogP) is 5.90. The van der Waals surface area contributed by atoms with Crippen LogP contribution in [0.4, 0.5) is 4.39 Å². The van der Waals surface area contributed by atoms with E-state index in [0.29, 0.717) is 11.0 Å². The van der Waals surface area contributed by atoms with Gasteiger partial charge in [0.2, 0.25) is 5.91 Å². The summed E-state index contributed by atoms with van der Waals surface area (Å²) >= 11 is 1.35. The molecule has 0 spiro atoms. The third-order valence-electron chi connectivity index (χ3n) is 6.00. The number of amides is 1. The molecule has 4 rings (SSSR count). The predicted molar refractivity (Wildman–Crippen MR) is 137 cm³/mol. The van der Waals surface area contributed by atoms with Gasteiger partial charge in [0.05, 0.1) is 17.5 Å². The van der Waals surface area contributed by atoms with Gasteiger partial charge < -0.3 is 4.90 Å². The Kier molecular flexibility index (Phi) is 7.60. The van der Waals surface area contributed by atoms with Crippen LogP contribution in [0.25, 0.3) is 17.1 Å². The van der Waals surface area contributed by atoms with Crippen LogP contribution in [0.3, 0.4) is 0 Å². The Morgan fingerprint density at radius 2 is 1.77 bits per heavy atom. The van der Waals surface area contributed by atoms with E-state index < -0.39 is 0 Å². The van der Waals surface area contributed by atoms with Crippen LogP contribution in [0.15, 0.2) is 78.2 Å². The van der Waals surface area contributed by atoms with Gasteiger partial charge in [-0.15, -0.1) is 10.2 Å². The molecule has 6 nitrogen and oxygen atoms in total. The maximum atomic E-state index is 13.3. The number of para-hydroxylation sites is 1. The maximum absolute atomic E-state index is 13.3. The van der Waals surface area contributed by atoms with E-state index in [1.807, 2.05) is 41.8 Å². The lowest BCUT2D eigenvalue weighted by Crippen LogP contribution is -2.31. The van der Waals surface area contributed by atoms with Crippen LogP contribution in [0.1, 0.15) is 43.9 Å². The largest absolute Gasteiger partial charge is 0.338 e. The monoisotopic (exact) mass is 489 g/mol. The second kappa shape index (κ2) is 10.8. The normalized spacial score (nSPS) is 12.1. The van der Waals surface area contributed by atoms with Crippen LogP contribution in [-0.2, 0) is 4.79 Å². The minimum absolute atomic E-state index is 0.0542. The van der Waals surface area contributed by atoms with E-state index >= 15 is 0 Å². The van der Waals surface area contributed by atoms with Crippen molar-refractivity contribution in [2.75, 3.05) is 12.8 Å². The van der Waals surface area contributed by atoms with Gasteiger partial charge in [-0.05, 0) is 54.3 Å². The molecule has 2 aromatic heterocycles. The zero-order chi connectivity index (χ0) is 24.9. The molecule has 8 heteroatoms. The van der Waals surface area contributed by atoms with E-state index in [1.54, 1.807) is 36.5 Å². The lowest BCUT2D eigenvalue weighted by atomic mass is 10.0. The van der Waals surface area contributed by atoms with E-state index in [9.17, 15) is 9.18 Å². The summed E-state index contributed by atoms with van der Waals surface area (Å²) in [7, 11) is 1.76. The molecule has 2 aromatic carbocycles. The van der Waals surface area contributed by atoms with E-state index in [-0.39, 0.29) is 29.4 Å². The summed E-state index contributed by atoms with van der Waals surface area (Å²) in [4.78, 5) is 19.0. The molecule has 0 fully saturated rings. The second-order valence-electron chi connectivity index (χ2n) is 8.62. The maximum Gasteiger partial charge on any atom is 0.233 e. The number of halogens is 1. The molecule has 35 heavy (non-hydrogen) atoms. The van der Waals surface area contributed by atoms with Crippen molar-refractivity contribution < 1.29 is 9.18 Å². The van der Waals surface area contributed by atoms with Crippen molar-refractivity contribution in [2.45, 2.75) is 37.9 Å². The zero-order valence-electron chi connectivity index (χ0n) is 20.2. The highest BCUT2D eigenvalue weighted by molar-refractivity contribution is 7.99. The first-order chi connectivity index (χ1) is 16.9. The minimum Gasteiger partial charge on any atom is -0.338 e. The third-order valence-corrected chi connectivity index (χ3v) is 6.92. The topological polar surface area (TPSA) is 63.9 Å². The van der Waals surface area contributed by atoms with E-state index in [2.05, 4.69) is 35.1 Å². The molecule has 180 valence electrons. The molecule has 0 saturated carbocycles. The molecule has 0 bridgehead atoms. The molecule has 0 N–H and O–H groups in total. The molecular formula is C27H28FN5OS. The molecule has 2 heterocycles. The third kappa shape index (κ3) is 5.43. The van der Waals surface area contributed by atoms with Crippen molar-refractivity contribution in [3.05, 3.63) is 90.0 Å². The van der Waals surface area contributed by atoms with Crippen molar-refractivity contribution in [2.24, 2.45) is 0 Å². The summed E-state index contributed by atoms with van der Waals surface area (Å²) in [5.74, 6) is 0.806. The first kappa shape index (κ1) is 24.6.